The number of amides is 2. The molecule has 1 aromatic carbocycles. The fourth-order valence-corrected chi connectivity index (χ4v) is 2.74. The Balaban J connectivity index is 2.13. The molecular weight excluding hydrogens is 284 g/mol. The highest BCUT2D eigenvalue weighted by Crippen LogP contribution is 2.31. The van der Waals surface area contributed by atoms with Gasteiger partial charge in [0, 0.05) is 19.6 Å². The van der Waals surface area contributed by atoms with Crippen molar-refractivity contribution in [3.63, 3.8) is 0 Å². The second kappa shape index (κ2) is 5.47. The highest BCUT2D eigenvalue weighted by atomic mass is 16.7. The molecule has 3 rings (SSSR count). The molecule has 0 saturated carbocycles. The van der Waals surface area contributed by atoms with Crippen molar-refractivity contribution in [1.29, 1.82) is 0 Å². The summed E-state index contributed by atoms with van der Waals surface area (Å²) in [7, 11) is 2.93. The van der Waals surface area contributed by atoms with E-state index in [4.69, 9.17) is 9.47 Å². The molecule has 0 N–H and O–H groups in total. The Hall–Kier alpha value is -2.31. The van der Waals surface area contributed by atoms with E-state index in [1.807, 2.05) is 18.2 Å². The molecule has 1 aromatic heterocycles. The first-order chi connectivity index (χ1) is 10.6. The van der Waals surface area contributed by atoms with Crippen LogP contribution in [0.2, 0.25) is 0 Å². The summed E-state index contributed by atoms with van der Waals surface area (Å²) in [5.74, 6) is -0.685. The van der Waals surface area contributed by atoms with Gasteiger partial charge in [0.15, 0.2) is 6.29 Å². The quantitative estimate of drug-likeness (QED) is 0.635. The molecule has 2 amide bonds. The Morgan fingerprint density at radius 1 is 1.09 bits per heavy atom. The molecule has 0 unspecified atom stereocenters. The maximum Gasteiger partial charge on any atom is 0.263 e. The summed E-state index contributed by atoms with van der Waals surface area (Å²) in [6.07, 6.45) is -0.651. The van der Waals surface area contributed by atoms with Crippen LogP contribution >= 0.6 is 0 Å². The average Bonchev–Trinajstić information content (AvgIpc) is 2.77. The number of methoxy groups -OCH3 is 2. The third-order valence-corrected chi connectivity index (χ3v) is 3.85. The van der Waals surface area contributed by atoms with E-state index >= 15 is 0 Å². The molecule has 0 bridgehead atoms. The number of hydrogen-bond acceptors (Lipinski definition) is 5. The number of carbonyl (C=O) groups is 2. The Kier molecular flexibility index (Phi) is 3.64. The van der Waals surface area contributed by atoms with E-state index in [1.165, 1.54) is 14.2 Å². The topological polar surface area (TPSA) is 68.7 Å². The van der Waals surface area contributed by atoms with Crippen molar-refractivity contribution in [2.45, 2.75) is 13.2 Å². The lowest BCUT2D eigenvalue weighted by Crippen LogP contribution is -2.38. The molecule has 0 radical (unpaired) electrons. The van der Waals surface area contributed by atoms with Crippen LogP contribution in [0.4, 0.5) is 0 Å². The third-order valence-electron chi connectivity index (χ3n) is 3.85. The number of aromatic nitrogens is 1. The lowest BCUT2D eigenvalue weighted by molar-refractivity contribution is -0.108. The molecule has 1 aliphatic rings. The van der Waals surface area contributed by atoms with Gasteiger partial charge in [-0.2, -0.15) is 0 Å². The van der Waals surface area contributed by atoms with E-state index in [0.717, 1.165) is 4.90 Å². The number of imide groups is 1. The van der Waals surface area contributed by atoms with Gasteiger partial charge in [0.1, 0.15) is 0 Å². The van der Waals surface area contributed by atoms with E-state index in [2.05, 4.69) is 4.98 Å². The molecule has 2 aromatic rings. The van der Waals surface area contributed by atoms with E-state index in [0.29, 0.717) is 27.7 Å². The van der Waals surface area contributed by atoms with Gasteiger partial charge in [0.25, 0.3) is 11.8 Å². The summed E-state index contributed by atoms with van der Waals surface area (Å²) in [5, 5.41) is 0.690. The summed E-state index contributed by atoms with van der Waals surface area (Å²) < 4.78 is 10.2. The van der Waals surface area contributed by atoms with Gasteiger partial charge in [-0.05, 0) is 13.0 Å². The molecule has 2 heterocycles. The highest BCUT2D eigenvalue weighted by Gasteiger charge is 2.40. The summed E-state index contributed by atoms with van der Waals surface area (Å²) in [4.78, 5) is 30.9. The molecule has 0 spiro atoms. The van der Waals surface area contributed by atoms with Crippen LogP contribution in [0.5, 0.6) is 0 Å². The molecular formula is C16H16N2O4. The van der Waals surface area contributed by atoms with Crippen LogP contribution in [0.3, 0.4) is 0 Å². The van der Waals surface area contributed by atoms with E-state index in [-0.39, 0.29) is 18.4 Å². The van der Waals surface area contributed by atoms with Gasteiger partial charge >= 0.3 is 0 Å². The van der Waals surface area contributed by atoms with Gasteiger partial charge in [0.05, 0.1) is 28.9 Å². The number of para-hydroxylation sites is 1. The SMILES string of the molecule is COC(CN1C(=O)c2c(C)nc3ccccc3c2C1=O)OC. The van der Waals surface area contributed by atoms with Gasteiger partial charge in [-0.15, -0.1) is 0 Å². The normalized spacial score (nSPS) is 14.3. The fraction of sp³-hybridized carbons (Fsp3) is 0.312. The highest BCUT2D eigenvalue weighted by molar-refractivity contribution is 6.26. The van der Waals surface area contributed by atoms with Crippen LogP contribution in [0.25, 0.3) is 10.9 Å². The minimum atomic E-state index is -0.651. The van der Waals surface area contributed by atoms with Crippen molar-refractivity contribution in [1.82, 2.24) is 9.88 Å². The number of fused-ring (bicyclic) bond motifs is 3. The van der Waals surface area contributed by atoms with Gasteiger partial charge < -0.3 is 9.47 Å². The van der Waals surface area contributed by atoms with Crippen LogP contribution in [0.15, 0.2) is 24.3 Å². The summed E-state index contributed by atoms with van der Waals surface area (Å²) in [6, 6.07) is 7.31. The van der Waals surface area contributed by atoms with E-state index < -0.39 is 6.29 Å². The van der Waals surface area contributed by atoms with Crippen LogP contribution < -0.4 is 0 Å². The Morgan fingerprint density at radius 3 is 2.41 bits per heavy atom. The Bertz CT molecular complexity index is 768. The number of nitrogens with zero attached hydrogens (tertiary/aromatic N) is 2. The van der Waals surface area contributed by atoms with Gasteiger partial charge in [-0.25, -0.2) is 0 Å². The second-order valence-electron chi connectivity index (χ2n) is 5.09. The van der Waals surface area contributed by atoms with Gasteiger partial charge in [0.2, 0.25) is 0 Å². The van der Waals surface area contributed by atoms with Crippen LogP contribution in [-0.2, 0) is 9.47 Å². The maximum atomic E-state index is 12.7. The zero-order valence-electron chi connectivity index (χ0n) is 12.6. The minimum absolute atomic E-state index is 0.0487. The summed E-state index contributed by atoms with van der Waals surface area (Å²) in [6.45, 7) is 1.79. The molecule has 0 saturated heterocycles. The number of pyridine rings is 1. The van der Waals surface area contributed by atoms with Crippen LogP contribution in [0, 0.1) is 6.92 Å². The van der Waals surface area contributed by atoms with Crippen molar-refractivity contribution < 1.29 is 19.1 Å². The predicted molar refractivity (Wildman–Crippen MR) is 79.7 cm³/mol. The molecule has 1 aliphatic heterocycles. The summed E-state index contributed by atoms with van der Waals surface area (Å²) >= 11 is 0. The fourth-order valence-electron chi connectivity index (χ4n) is 2.74. The van der Waals surface area contributed by atoms with E-state index in [1.54, 1.807) is 13.0 Å². The van der Waals surface area contributed by atoms with Crippen LogP contribution in [-0.4, -0.2) is 48.8 Å². The molecule has 22 heavy (non-hydrogen) atoms. The number of benzene rings is 1. The number of ether oxygens (including phenoxy) is 2. The van der Waals surface area contributed by atoms with Crippen molar-refractivity contribution in [2.75, 3.05) is 20.8 Å². The lowest BCUT2D eigenvalue weighted by Gasteiger charge is -2.19. The maximum absolute atomic E-state index is 12.7. The lowest BCUT2D eigenvalue weighted by atomic mass is 10.0. The zero-order chi connectivity index (χ0) is 15.9. The number of hydrogen-bond donors (Lipinski definition) is 0. The Labute approximate surface area is 127 Å². The molecule has 0 atom stereocenters. The molecule has 0 fully saturated rings. The molecule has 114 valence electrons. The second-order valence-corrected chi connectivity index (χ2v) is 5.09. The van der Waals surface area contributed by atoms with Crippen molar-refractivity contribution >= 4 is 22.7 Å². The Morgan fingerprint density at radius 2 is 1.73 bits per heavy atom. The van der Waals surface area contributed by atoms with Gasteiger partial charge in [-0.1, -0.05) is 18.2 Å². The van der Waals surface area contributed by atoms with Crippen LogP contribution in [0.1, 0.15) is 26.4 Å². The third kappa shape index (κ3) is 2.08. The molecule has 0 aliphatic carbocycles. The number of aryl methyl sites for hydroxylation is 1. The van der Waals surface area contributed by atoms with Gasteiger partial charge in [-0.3, -0.25) is 19.5 Å². The van der Waals surface area contributed by atoms with E-state index in [9.17, 15) is 9.59 Å². The number of rotatable bonds is 4. The monoisotopic (exact) mass is 300 g/mol. The minimum Gasteiger partial charge on any atom is -0.354 e. The number of carbonyl (C=O) groups excluding carboxylic acids is 2. The summed E-state index contributed by atoms with van der Waals surface area (Å²) in [5.41, 5.74) is 2.05. The largest absolute Gasteiger partial charge is 0.354 e. The first-order valence-electron chi connectivity index (χ1n) is 6.89. The van der Waals surface area contributed by atoms with Crippen molar-refractivity contribution in [2.24, 2.45) is 0 Å². The molecule has 6 heteroatoms. The van der Waals surface area contributed by atoms with Crippen molar-refractivity contribution in [3.05, 3.63) is 41.1 Å². The zero-order valence-corrected chi connectivity index (χ0v) is 12.6. The first kappa shape index (κ1) is 14.6. The van der Waals surface area contributed by atoms with Crippen molar-refractivity contribution in [3.8, 4) is 0 Å². The standard InChI is InChI=1S/C16H16N2O4/c1-9-13-14(10-6-4-5-7-11(10)17-9)16(20)18(15(13)19)8-12(21-2)22-3/h4-7,12H,8H2,1-3H3. The first-order valence-corrected chi connectivity index (χ1v) is 6.89. The smallest absolute Gasteiger partial charge is 0.263 e. The predicted octanol–water partition coefficient (Wildman–Crippen LogP) is 1.76. The average molecular weight is 300 g/mol. The molecule has 6 nitrogen and oxygen atoms in total.